The predicted molar refractivity (Wildman–Crippen MR) is 70.7 cm³/mol. The van der Waals surface area contributed by atoms with Crippen LogP contribution >= 0.6 is 0 Å². The summed E-state index contributed by atoms with van der Waals surface area (Å²) in [5, 5.41) is 19.4. The molecule has 1 aromatic heterocycles. The molecular formula is C13H22N2O3. The monoisotopic (exact) mass is 254 g/mol. The number of hydrogen-bond acceptors (Lipinski definition) is 4. The lowest BCUT2D eigenvalue weighted by molar-refractivity contribution is 0.242. The van der Waals surface area contributed by atoms with Crippen LogP contribution in [0, 0.1) is 0 Å². The molecule has 0 radical (unpaired) electrons. The number of pyridine rings is 1. The molecule has 2 N–H and O–H groups in total. The van der Waals surface area contributed by atoms with E-state index < -0.39 is 5.43 Å². The van der Waals surface area contributed by atoms with Gasteiger partial charge in [-0.1, -0.05) is 0 Å². The molecule has 0 spiro atoms. The normalized spacial score (nSPS) is 12.2. The summed E-state index contributed by atoms with van der Waals surface area (Å²) in [5.41, 5.74) is 0.275. The van der Waals surface area contributed by atoms with Crippen molar-refractivity contribution in [2.45, 2.75) is 39.5 Å². The van der Waals surface area contributed by atoms with Crippen LogP contribution in [0.25, 0.3) is 0 Å². The Kier molecular flexibility index (Phi) is 4.19. The molecular weight excluding hydrogens is 232 g/mol. The molecule has 0 aliphatic heterocycles. The van der Waals surface area contributed by atoms with Gasteiger partial charge in [0.1, 0.15) is 0 Å². The zero-order valence-corrected chi connectivity index (χ0v) is 11.7. The van der Waals surface area contributed by atoms with Crippen LogP contribution in [0.4, 0.5) is 0 Å². The molecule has 0 amide bonds. The molecule has 5 heteroatoms. The molecule has 0 fully saturated rings. The van der Waals surface area contributed by atoms with E-state index in [9.17, 15) is 15.0 Å². The highest BCUT2D eigenvalue weighted by molar-refractivity contribution is 5.31. The van der Waals surface area contributed by atoms with Crippen molar-refractivity contribution in [1.82, 2.24) is 9.47 Å². The third-order valence-electron chi connectivity index (χ3n) is 2.66. The molecule has 0 unspecified atom stereocenters. The van der Waals surface area contributed by atoms with Crippen molar-refractivity contribution < 1.29 is 10.2 Å². The van der Waals surface area contributed by atoms with E-state index in [0.29, 0.717) is 17.9 Å². The van der Waals surface area contributed by atoms with Gasteiger partial charge in [-0.3, -0.25) is 4.79 Å². The van der Waals surface area contributed by atoms with E-state index in [1.54, 1.807) is 0 Å². The summed E-state index contributed by atoms with van der Waals surface area (Å²) in [6.07, 6.45) is 0. The fraction of sp³-hybridized carbons (Fsp3) is 0.615. The number of nitrogens with zero attached hydrogens (tertiary/aromatic N) is 2. The van der Waals surface area contributed by atoms with Crippen molar-refractivity contribution in [3.63, 3.8) is 0 Å². The Balaban J connectivity index is 3.62. The van der Waals surface area contributed by atoms with Crippen LogP contribution in [0.15, 0.2) is 10.9 Å². The predicted octanol–water partition coefficient (Wildman–Crippen LogP) is 0.863. The van der Waals surface area contributed by atoms with Crippen LogP contribution in [0.5, 0.6) is 5.75 Å². The van der Waals surface area contributed by atoms with Gasteiger partial charge in [0.25, 0.3) is 0 Å². The SMILES string of the molecule is CN(C)Cc1c(O)c(=O)cc(CO)n1C(C)(C)C. The van der Waals surface area contributed by atoms with Gasteiger partial charge in [-0.15, -0.1) is 0 Å². The van der Waals surface area contributed by atoms with Gasteiger partial charge in [0.15, 0.2) is 5.75 Å². The Labute approximate surface area is 107 Å². The van der Waals surface area contributed by atoms with Crippen LogP contribution in [-0.2, 0) is 18.7 Å². The zero-order valence-electron chi connectivity index (χ0n) is 11.7. The minimum absolute atomic E-state index is 0.229. The summed E-state index contributed by atoms with van der Waals surface area (Å²) >= 11 is 0. The average molecular weight is 254 g/mol. The number of rotatable bonds is 3. The van der Waals surface area contributed by atoms with Gasteiger partial charge in [0.2, 0.25) is 5.43 Å². The molecule has 1 aromatic rings. The number of aromatic hydroxyl groups is 1. The maximum Gasteiger partial charge on any atom is 0.223 e. The van der Waals surface area contributed by atoms with Crippen molar-refractivity contribution in [2.24, 2.45) is 0 Å². The summed E-state index contributed by atoms with van der Waals surface area (Å²) in [5.74, 6) is -0.240. The highest BCUT2D eigenvalue weighted by Gasteiger charge is 2.23. The van der Waals surface area contributed by atoms with Crippen LogP contribution in [0.1, 0.15) is 32.2 Å². The quantitative estimate of drug-likeness (QED) is 0.839. The van der Waals surface area contributed by atoms with Crippen molar-refractivity contribution >= 4 is 0 Å². The first kappa shape index (κ1) is 14.7. The third kappa shape index (κ3) is 2.91. The second-order valence-corrected chi connectivity index (χ2v) is 5.70. The molecule has 0 saturated carbocycles. The summed E-state index contributed by atoms with van der Waals surface area (Å²) in [6.45, 7) is 6.11. The number of aromatic nitrogens is 1. The van der Waals surface area contributed by atoms with E-state index in [2.05, 4.69) is 0 Å². The Hall–Kier alpha value is -1.33. The van der Waals surface area contributed by atoms with Crippen LogP contribution in [0.2, 0.25) is 0 Å². The summed E-state index contributed by atoms with van der Waals surface area (Å²) in [4.78, 5) is 13.6. The third-order valence-corrected chi connectivity index (χ3v) is 2.66. The minimum atomic E-state index is -0.448. The van der Waals surface area contributed by atoms with Gasteiger partial charge in [-0.05, 0) is 34.9 Å². The first-order chi connectivity index (χ1) is 8.18. The van der Waals surface area contributed by atoms with Crippen LogP contribution in [0.3, 0.4) is 0 Å². The van der Waals surface area contributed by atoms with Crippen molar-refractivity contribution in [2.75, 3.05) is 14.1 Å². The highest BCUT2D eigenvalue weighted by atomic mass is 16.3. The standard InChI is InChI=1S/C13H22N2O3/c1-13(2,3)15-9(8-16)6-11(17)12(18)10(15)7-14(4)5/h6,16,18H,7-8H2,1-5H3. The molecule has 0 atom stereocenters. The molecule has 1 rings (SSSR count). The van der Waals surface area contributed by atoms with E-state index in [1.807, 2.05) is 44.3 Å². The largest absolute Gasteiger partial charge is 0.503 e. The number of aliphatic hydroxyl groups is 1. The lowest BCUT2D eigenvalue weighted by Gasteiger charge is -2.31. The molecule has 0 aliphatic carbocycles. The smallest absolute Gasteiger partial charge is 0.223 e. The second kappa shape index (κ2) is 5.12. The molecule has 0 bridgehead atoms. The van der Waals surface area contributed by atoms with Gasteiger partial charge in [0, 0.05) is 23.8 Å². The number of aliphatic hydroxyl groups excluding tert-OH is 1. The second-order valence-electron chi connectivity index (χ2n) is 5.70. The lowest BCUT2D eigenvalue weighted by atomic mass is 10.0. The van der Waals surface area contributed by atoms with Crippen LogP contribution in [-0.4, -0.2) is 33.8 Å². The van der Waals surface area contributed by atoms with Crippen LogP contribution < -0.4 is 5.43 Å². The van der Waals surface area contributed by atoms with E-state index >= 15 is 0 Å². The van der Waals surface area contributed by atoms with Gasteiger partial charge in [0.05, 0.1) is 12.3 Å². The van der Waals surface area contributed by atoms with Crippen molar-refractivity contribution in [3.05, 3.63) is 27.7 Å². The van der Waals surface area contributed by atoms with E-state index in [0.717, 1.165) is 0 Å². The van der Waals surface area contributed by atoms with Gasteiger partial charge < -0.3 is 19.7 Å². The molecule has 18 heavy (non-hydrogen) atoms. The van der Waals surface area contributed by atoms with Crippen molar-refractivity contribution in [3.8, 4) is 5.75 Å². The number of hydrogen-bond donors (Lipinski definition) is 2. The molecule has 0 aromatic carbocycles. The van der Waals surface area contributed by atoms with E-state index in [1.165, 1.54) is 6.07 Å². The van der Waals surface area contributed by atoms with Gasteiger partial charge in [-0.25, -0.2) is 0 Å². The van der Waals surface area contributed by atoms with Gasteiger partial charge in [-0.2, -0.15) is 0 Å². The first-order valence-corrected chi connectivity index (χ1v) is 5.91. The summed E-state index contributed by atoms with van der Waals surface area (Å²) in [7, 11) is 3.73. The molecule has 0 aliphatic rings. The maximum absolute atomic E-state index is 11.7. The topological polar surface area (TPSA) is 65.7 Å². The lowest BCUT2D eigenvalue weighted by Crippen LogP contribution is -2.32. The first-order valence-electron chi connectivity index (χ1n) is 5.91. The fourth-order valence-corrected chi connectivity index (χ4v) is 2.10. The summed E-state index contributed by atoms with van der Waals surface area (Å²) in [6, 6.07) is 1.29. The Morgan fingerprint density at radius 2 is 1.89 bits per heavy atom. The Morgan fingerprint density at radius 3 is 2.28 bits per heavy atom. The minimum Gasteiger partial charge on any atom is -0.503 e. The van der Waals surface area contributed by atoms with E-state index in [4.69, 9.17) is 0 Å². The fourth-order valence-electron chi connectivity index (χ4n) is 2.10. The zero-order chi connectivity index (χ0) is 14.1. The molecule has 102 valence electrons. The Bertz CT molecular complexity index is 484. The molecule has 1 heterocycles. The summed E-state index contributed by atoms with van der Waals surface area (Å²) < 4.78 is 1.82. The molecule has 5 nitrogen and oxygen atoms in total. The Morgan fingerprint density at radius 1 is 1.33 bits per heavy atom. The average Bonchev–Trinajstić information content (AvgIpc) is 2.21. The molecule has 0 saturated heterocycles. The van der Waals surface area contributed by atoms with Gasteiger partial charge >= 0.3 is 0 Å². The maximum atomic E-state index is 11.7. The van der Waals surface area contributed by atoms with E-state index in [-0.39, 0.29) is 17.9 Å². The van der Waals surface area contributed by atoms with Crippen molar-refractivity contribution in [1.29, 1.82) is 0 Å². The highest BCUT2D eigenvalue weighted by Crippen LogP contribution is 2.25.